The van der Waals surface area contributed by atoms with Crippen LogP contribution in [0.1, 0.15) is 45.5 Å². The van der Waals surface area contributed by atoms with Gasteiger partial charge in [-0.2, -0.15) is 0 Å². The lowest BCUT2D eigenvalue weighted by Crippen LogP contribution is -2.39. The summed E-state index contributed by atoms with van der Waals surface area (Å²) >= 11 is 0. The summed E-state index contributed by atoms with van der Waals surface area (Å²) in [6, 6.07) is 12.7. The monoisotopic (exact) mass is 540 g/mol. The van der Waals surface area contributed by atoms with E-state index in [0.29, 0.717) is 24.8 Å². The van der Waals surface area contributed by atoms with E-state index in [0.717, 1.165) is 0 Å². The van der Waals surface area contributed by atoms with Crippen LogP contribution < -0.4 is 10.6 Å². The van der Waals surface area contributed by atoms with Crippen LogP contribution in [0.4, 0.5) is 4.39 Å². The Morgan fingerprint density at radius 1 is 0.795 bits per heavy atom. The van der Waals surface area contributed by atoms with Crippen LogP contribution >= 0.6 is 0 Å². The van der Waals surface area contributed by atoms with Crippen LogP contribution in [0.2, 0.25) is 0 Å². The number of carbonyl (C=O) groups excluding carboxylic acids is 3. The number of esters is 1. The zero-order valence-electron chi connectivity index (χ0n) is 20.9. The summed E-state index contributed by atoms with van der Waals surface area (Å²) in [5.74, 6) is -4.24. The first-order valence-corrected chi connectivity index (χ1v) is 12.2. The van der Waals surface area contributed by atoms with Gasteiger partial charge in [0.2, 0.25) is 0 Å². The zero-order valence-corrected chi connectivity index (χ0v) is 20.9. The molecule has 0 fully saturated rings. The quantitative estimate of drug-likeness (QED) is 0.116. The first-order chi connectivity index (χ1) is 18.7. The number of ether oxygens (including phenoxy) is 1. The molecule has 0 saturated heterocycles. The molecule has 0 aromatic heterocycles. The number of phenolic OH excluding ortho intramolecular Hbond substituents is 4. The van der Waals surface area contributed by atoms with Crippen molar-refractivity contribution in [2.75, 3.05) is 13.2 Å². The van der Waals surface area contributed by atoms with Crippen LogP contribution in [0.5, 0.6) is 23.0 Å². The number of para-hydroxylation sites is 2. The summed E-state index contributed by atoms with van der Waals surface area (Å²) in [4.78, 5) is 37.3. The van der Waals surface area contributed by atoms with Gasteiger partial charge in [-0.1, -0.05) is 24.3 Å². The summed E-state index contributed by atoms with van der Waals surface area (Å²) in [5, 5.41) is 44.4. The minimum atomic E-state index is -0.685. The van der Waals surface area contributed by atoms with Crippen LogP contribution in [0.25, 0.3) is 0 Å². The molecule has 206 valence electrons. The number of halogens is 1. The fourth-order valence-electron chi connectivity index (χ4n) is 3.72. The van der Waals surface area contributed by atoms with Gasteiger partial charge in [0.25, 0.3) is 11.8 Å². The number of phenols is 4. The Labute approximate surface area is 223 Å². The van der Waals surface area contributed by atoms with E-state index in [2.05, 4.69) is 10.6 Å². The topological polar surface area (TPSA) is 165 Å². The van der Waals surface area contributed by atoms with Crippen molar-refractivity contribution in [3.05, 3.63) is 83.2 Å². The van der Waals surface area contributed by atoms with Crippen LogP contribution in [-0.2, 0) is 16.0 Å². The van der Waals surface area contributed by atoms with Crippen LogP contribution in [0, 0.1) is 5.82 Å². The summed E-state index contributed by atoms with van der Waals surface area (Å²) in [7, 11) is 0. The van der Waals surface area contributed by atoms with E-state index in [1.807, 2.05) is 0 Å². The summed E-state index contributed by atoms with van der Waals surface area (Å²) in [5.41, 5.74) is 0.329. The lowest BCUT2D eigenvalue weighted by molar-refractivity contribution is -0.143. The van der Waals surface area contributed by atoms with Gasteiger partial charge in [-0.25, -0.2) is 4.39 Å². The molecule has 1 unspecified atom stereocenters. The molecule has 39 heavy (non-hydrogen) atoms. The van der Waals surface area contributed by atoms with E-state index < -0.39 is 52.6 Å². The SMILES string of the molecule is O=C(Cc1ccc(F)cc1)OCC(CCCCNC(=O)c1cccc(O)c1O)NC(=O)c1cccc(O)c1O. The molecule has 0 aliphatic heterocycles. The minimum Gasteiger partial charge on any atom is -0.504 e. The third-order valence-corrected chi connectivity index (χ3v) is 5.83. The highest BCUT2D eigenvalue weighted by Crippen LogP contribution is 2.29. The summed E-state index contributed by atoms with van der Waals surface area (Å²) in [6.45, 7) is 0.0428. The Kier molecular flexibility index (Phi) is 10.1. The molecule has 10 nitrogen and oxygen atoms in total. The van der Waals surface area contributed by atoms with Gasteiger partial charge >= 0.3 is 5.97 Å². The second-order valence-corrected chi connectivity index (χ2v) is 8.75. The maximum atomic E-state index is 13.1. The van der Waals surface area contributed by atoms with E-state index in [9.17, 15) is 39.2 Å². The number of nitrogens with one attached hydrogen (secondary N) is 2. The van der Waals surface area contributed by atoms with Crippen molar-refractivity contribution in [2.45, 2.75) is 31.7 Å². The lowest BCUT2D eigenvalue weighted by atomic mass is 10.1. The highest BCUT2D eigenvalue weighted by atomic mass is 19.1. The Morgan fingerprint density at radius 3 is 2.00 bits per heavy atom. The smallest absolute Gasteiger partial charge is 0.310 e. The Bertz CT molecular complexity index is 1310. The second kappa shape index (κ2) is 13.7. The Balaban J connectivity index is 1.55. The van der Waals surface area contributed by atoms with Gasteiger partial charge in [-0.15, -0.1) is 0 Å². The summed E-state index contributed by atoms with van der Waals surface area (Å²) in [6.07, 6.45) is 1.20. The van der Waals surface area contributed by atoms with Crippen LogP contribution in [0.3, 0.4) is 0 Å². The first kappa shape index (κ1) is 28.8. The highest BCUT2D eigenvalue weighted by Gasteiger charge is 2.20. The number of aromatic hydroxyl groups is 4. The van der Waals surface area contributed by atoms with E-state index in [4.69, 9.17) is 4.74 Å². The molecule has 3 aromatic carbocycles. The highest BCUT2D eigenvalue weighted by molar-refractivity contribution is 5.98. The number of hydrogen-bond acceptors (Lipinski definition) is 8. The molecule has 0 radical (unpaired) electrons. The molecular weight excluding hydrogens is 511 g/mol. The third kappa shape index (κ3) is 8.35. The average molecular weight is 541 g/mol. The van der Waals surface area contributed by atoms with E-state index >= 15 is 0 Å². The van der Waals surface area contributed by atoms with Gasteiger partial charge < -0.3 is 35.8 Å². The lowest BCUT2D eigenvalue weighted by Gasteiger charge is -2.19. The molecule has 2 amide bonds. The molecule has 0 saturated carbocycles. The molecule has 0 heterocycles. The Hall–Kier alpha value is -4.80. The maximum Gasteiger partial charge on any atom is 0.310 e. The van der Waals surface area contributed by atoms with Crippen LogP contribution in [-0.4, -0.2) is 57.4 Å². The normalized spacial score (nSPS) is 11.4. The van der Waals surface area contributed by atoms with E-state index in [1.54, 1.807) is 0 Å². The molecule has 3 aromatic rings. The predicted octanol–water partition coefficient (Wildman–Crippen LogP) is 3.13. The molecule has 6 N–H and O–H groups in total. The molecule has 11 heteroatoms. The van der Waals surface area contributed by atoms with Crippen molar-refractivity contribution in [1.82, 2.24) is 10.6 Å². The van der Waals surface area contributed by atoms with Gasteiger partial charge in [-0.05, 0) is 61.2 Å². The first-order valence-electron chi connectivity index (χ1n) is 12.2. The van der Waals surface area contributed by atoms with Crippen molar-refractivity contribution < 1.29 is 43.9 Å². The van der Waals surface area contributed by atoms with Gasteiger partial charge in [0.1, 0.15) is 12.4 Å². The number of amides is 2. The molecule has 3 rings (SSSR count). The molecule has 0 spiro atoms. The molecule has 0 aliphatic rings. The number of rotatable bonds is 12. The van der Waals surface area contributed by atoms with Crippen molar-refractivity contribution in [3.8, 4) is 23.0 Å². The molecule has 0 bridgehead atoms. The van der Waals surface area contributed by atoms with Gasteiger partial charge in [0, 0.05) is 6.54 Å². The van der Waals surface area contributed by atoms with Crippen LogP contribution in [0.15, 0.2) is 60.7 Å². The van der Waals surface area contributed by atoms with E-state index in [1.165, 1.54) is 60.7 Å². The fraction of sp³-hybridized carbons (Fsp3) is 0.250. The minimum absolute atomic E-state index is 0.0703. The molecule has 0 aliphatic carbocycles. The molecule has 1 atom stereocenters. The van der Waals surface area contributed by atoms with Crippen molar-refractivity contribution in [1.29, 1.82) is 0 Å². The van der Waals surface area contributed by atoms with E-state index in [-0.39, 0.29) is 30.7 Å². The van der Waals surface area contributed by atoms with Crippen molar-refractivity contribution >= 4 is 17.8 Å². The van der Waals surface area contributed by atoms with Gasteiger partial charge in [0.15, 0.2) is 23.0 Å². The largest absolute Gasteiger partial charge is 0.504 e. The summed E-state index contributed by atoms with van der Waals surface area (Å²) < 4.78 is 18.4. The van der Waals surface area contributed by atoms with Crippen molar-refractivity contribution in [2.24, 2.45) is 0 Å². The van der Waals surface area contributed by atoms with Gasteiger partial charge in [-0.3, -0.25) is 14.4 Å². The average Bonchev–Trinajstić information content (AvgIpc) is 2.91. The number of carbonyl (C=O) groups is 3. The Morgan fingerprint density at radius 2 is 1.38 bits per heavy atom. The number of benzene rings is 3. The van der Waals surface area contributed by atoms with Crippen molar-refractivity contribution in [3.63, 3.8) is 0 Å². The number of unbranched alkanes of at least 4 members (excludes halogenated alkanes) is 1. The van der Waals surface area contributed by atoms with Gasteiger partial charge in [0.05, 0.1) is 23.6 Å². The third-order valence-electron chi connectivity index (χ3n) is 5.83. The second-order valence-electron chi connectivity index (χ2n) is 8.75. The standard InChI is InChI=1S/C28H29FN2O8/c29-18-12-10-17(11-13-18)15-24(34)39-16-19(31-28(38)21-7-4-9-23(33)26(21)36)5-1-2-14-30-27(37)20-6-3-8-22(32)25(20)35/h3-4,6-13,19,32-33,35-36H,1-2,5,14-16H2,(H,30,37)(H,31,38). The predicted molar refractivity (Wildman–Crippen MR) is 138 cm³/mol. The number of hydrogen-bond donors (Lipinski definition) is 6. The fourth-order valence-corrected chi connectivity index (χ4v) is 3.72. The molecular formula is C28H29FN2O8. The maximum absolute atomic E-state index is 13.1. The zero-order chi connectivity index (χ0) is 28.4.